The lowest BCUT2D eigenvalue weighted by Gasteiger charge is -2.30. The van der Waals surface area contributed by atoms with Crippen LogP contribution in [0, 0.1) is 5.92 Å². The lowest BCUT2D eigenvalue weighted by Crippen LogP contribution is -2.39. The number of aliphatic hydroxyl groups excluding tert-OH is 1. The molecule has 1 fully saturated rings. The molecule has 0 aromatic heterocycles. The van der Waals surface area contributed by atoms with E-state index >= 15 is 0 Å². The fourth-order valence-electron chi connectivity index (χ4n) is 3.65. The van der Waals surface area contributed by atoms with Crippen molar-refractivity contribution in [1.29, 1.82) is 0 Å². The molecule has 3 rings (SSSR count). The van der Waals surface area contributed by atoms with Gasteiger partial charge >= 0.3 is 0 Å². The smallest absolute Gasteiger partial charge is 0.0543 e. The first kappa shape index (κ1) is 13.1. The van der Waals surface area contributed by atoms with Crippen LogP contribution in [0.4, 0.5) is 0 Å². The molecular weight excluding hydrogens is 234 g/mol. The molecular formula is C17H25NO. The first-order valence-corrected chi connectivity index (χ1v) is 7.79. The Balaban J connectivity index is 1.49. The third-order valence-electron chi connectivity index (χ3n) is 4.80. The van der Waals surface area contributed by atoms with Crippen LogP contribution in [0.25, 0.3) is 0 Å². The van der Waals surface area contributed by atoms with Crippen LogP contribution >= 0.6 is 0 Å². The molecule has 3 atom stereocenters. The SMILES string of the molecule is OC1CCCC(CNC2CCc3ccccc3C2)C1. The third kappa shape index (κ3) is 3.37. The molecule has 2 aliphatic rings. The van der Waals surface area contributed by atoms with Gasteiger partial charge in [0.2, 0.25) is 0 Å². The predicted molar refractivity (Wildman–Crippen MR) is 78.2 cm³/mol. The van der Waals surface area contributed by atoms with Gasteiger partial charge in [0.1, 0.15) is 0 Å². The van der Waals surface area contributed by atoms with Gasteiger partial charge in [0, 0.05) is 6.04 Å². The summed E-state index contributed by atoms with van der Waals surface area (Å²) in [5.74, 6) is 0.681. The van der Waals surface area contributed by atoms with Crippen LogP contribution in [0.2, 0.25) is 0 Å². The van der Waals surface area contributed by atoms with E-state index in [1.54, 1.807) is 0 Å². The van der Waals surface area contributed by atoms with E-state index in [1.165, 1.54) is 43.2 Å². The van der Waals surface area contributed by atoms with Gasteiger partial charge in [-0.1, -0.05) is 30.7 Å². The summed E-state index contributed by atoms with van der Waals surface area (Å²) in [5.41, 5.74) is 3.06. The summed E-state index contributed by atoms with van der Waals surface area (Å²) in [5, 5.41) is 13.5. The summed E-state index contributed by atoms with van der Waals surface area (Å²) in [6, 6.07) is 9.47. The predicted octanol–water partition coefficient (Wildman–Crippen LogP) is 2.68. The van der Waals surface area contributed by atoms with Crippen molar-refractivity contribution in [2.75, 3.05) is 6.54 Å². The largest absolute Gasteiger partial charge is 0.393 e. The minimum absolute atomic E-state index is 0.0485. The maximum Gasteiger partial charge on any atom is 0.0543 e. The second kappa shape index (κ2) is 6.06. The van der Waals surface area contributed by atoms with Crippen LogP contribution in [-0.2, 0) is 12.8 Å². The molecule has 0 heterocycles. The van der Waals surface area contributed by atoms with Gasteiger partial charge < -0.3 is 10.4 Å². The number of nitrogens with one attached hydrogen (secondary N) is 1. The number of benzene rings is 1. The van der Waals surface area contributed by atoms with Gasteiger partial charge in [0.25, 0.3) is 0 Å². The molecule has 1 saturated carbocycles. The van der Waals surface area contributed by atoms with Crippen LogP contribution in [-0.4, -0.2) is 23.8 Å². The topological polar surface area (TPSA) is 32.3 Å². The van der Waals surface area contributed by atoms with E-state index in [1.807, 2.05) is 0 Å². The molecule has 19 heavy (non-hydrogen) atoms. The van der Waals surface area contributed by atoms with Crippen LogP contribution in [0.5, 0.6) is 0 Å². The highest BCUT2D eigenvalue weighted by atomic mass is 16.3. The van der Waals surface area contributed by atoms with Gasteiger partial charge in [-0.15, -0.1) is 0 Å². The van der Waals surface area contributed by atoms with Gasteiger partial charge in [-0.25, -0.2) is 0 Å². The Labute approximate surface area is 116 Å². The highest BCUT2D eigenvalue weighted by Crippen LogP contribution is 2.25. The lowest BCUT2D eigenvalue weighted by molar-refractivity contribution is 0.0994. The molecule has 2 aliphatic carbocycles. The van der Waals surface area contributed by atoms with Gasteiger partial charge in [0.05, 0.1) is 6.10 Å². The quantitative estimate of drug-likeness (QED) is 0.874. The van der Waals surface area contributed by atoms with Crippen LogP contribution in [0.3, 0.4) is 0 Å². The van der Waals surface area contributed by atoms with Gasteiger partial charge in [0.15, 0.2) is 0 Å². The fourth-order valence-corrected chi connectivity index (χ4v) is 3.65. The van der Waals surface area contributed by atoms with Gasteiger partial charge in [-0.3, -0.25) is 0 Å². The molecule has 0 bridgehead atoms. The number of hydrogen-bond donors (Lipinski definition) is 2. The molecule has 0 amide bonds. The van der Waals surface area contributed by atoms with Crippen molar-refractivity contribution < 1.29 is 5.11 Å². The van der Waals surface area contributed by atoms with Crippen molar-refractivity contribution in [3.05, 3.63) is 35.4 Å². The molecule has 2 nitrogen and oxygen atoms in total. The summed E-state index contributed by atoms with van der Waals surface area (Å²) in [6.07, 6.45) is 8.07. The Kier molecular flexibility index (Phi) is 4.19. The molecule has 0 radical (unpaired) electrons. The lowest BCUT2D eigenvalue weighted by atomic mass is 9.85. The van der Waals surface area contributed by atoms with Crippen molar-refractivity contribution >= 4 is 0 Å². The van der Waals surface area contributed by atoms with E-state index in [0.717, 1.165) is 19.4 Å². The molecule has 0 aliphatic heterocycles. The molecule has 3 unspecified atom stereocenters. The zero-order valence-corrected chi connectivity index (χ0v) is 11.6. The van der Waals surface area contributed by atoms with Gasteiger partial charge in [-0.2, -0.15) is 0 Å². The number of fused-ring (bicyclic) bond motifs is 1. The highest BCUT2D eigenvalue weighted by Gasteiger charge is 2.22. The van der Waals surface area contributed by atoms with E-state index < -0.39 is 0 Å². The van der Waals surface area contributed by atoms with E-state index in [0.29, 0.717) is 12.0 Å². The van der Waals surface area contributed by atoms with Crippen LogP contribution < -0.4 is 5.32 Å². The van der Waals surface area contributed by atoms with E-state index in [2.05, 4.69) is 29.6 Å². The minimum Gasteiger partial charge on any atom is -0.393 e. The number of aryl methyl sites for hydroxylation is 1. The third-order valence-corrected chi connectivity index (χ3v) is 4.80. The average molecular weight is 259 g/mol. The summed E-state index contributed by atoms with van der Waals surface area (Å²) < 4.78 is 0. The molecule has 2 N–H and O–H groups in total. The van der Waals surface area contributed by atoms with E-state index in [4.69, 9.17) is 0 Å². The van der Waals surface area contributed by atoms with Crippen molar-refractivity contribution in [3.8, 4) is 0 Å². The molecule has 104 valence electrons. The van der Waals surface area contributed by atoms with Crippen molar-refractivity contribution in [1.82, 2.24) is 5.32 Å². The van der Waals surface area contributed by atoms with Crippen molar-refractivity contribution in [2.24, 2.45) is 5.92 Å². The summed E-state index contributed by atoms with van der Waals surface area (Å²) >= 11 is 0. The molecule has 1 aromatic carbocycles. The summed E-state index contributed by atoms with van der Waals surface area (Å²) in [6.45, 7) is 1.09. The summed E-state index contributed by atoms with van der Waals surface area (Å²) in [7, 11) is 0. The van der Waals surface area contributed by atoms with Crippen molar-refractivity contribution in [3.63, 3.8) is 0 Å². The first-order chi connectivity index (χ1) is 9.31. The molecule has 0 spiro atoms. The molecule has 2 heteroatoms. The first-order valence-electron chi connectivity index (χ1n) is 7.79. The molecule has 1 aromatic rings. The number of hydrogen-bond acceptors (Lipinski definition) is 2. The van der Waals surface area contributed by atoms with Crippen LogP contribution in [0.1, 0.15) is 43.2 Å². The zero-order chi connectivity index (χ0) is 13.1. The van der Waals surface area contributed by atoms with Crippen molar-refractivity contribution in [2.45, 2.75) is 57.1 Å². The standard InChI is InChI=1S/C17H25NO/c19-17-7-3-4-13(10-17)12-18-16-9-8-14-5-1-2-6-15(14)11-16/h1-2,5-6,13,16-19H,3-4,7-12H2. The summed E-state index contributed by atoms with van der Waals surface area (Å²) in [4.78, 5) is 0. The Bertz CT molecular complexity index is 417. The Hall–Kier alpha value is -0.860. The monoisotopic (exact) mass is 259 g/mol. The van der Waals surface area contributed by atoms with E-state index in [9.17, 15) is 5.11 Å². The maximum absolute atomic E-state index is 9.72. The van der Waals surface area contributed by atoms with Crippen LogP contribution in [0.15, 0.2) is 24.3 Å². The number of aliphatic hydroxyl groups is 1. The van der Waals surface area contributed by atoms with Gasteiger partial charge in [-0.05, 0) is 62.1 Å². The second-order valence-electron chi connectivity index (χ2n) is 6.30. The minimum atomic E-state index is -0.0485. The number of rotatable bonds is 3. The molecule has 0 saturated heterocycles. The Morgan fingerprint density at radius 2 is 1.95 bits per heavy atom. The second-order valence-corrected chi connectivity index (χ2v) is 6.30. The Morgan fingerprint density at radius 3 is 2.79 bits per heavy atom. The maximum atomic E-state index is 9.72. The normalized spacial score (nSPS) is 30.9. The Morgan fingerprint density at radius 1 is 1.11 bits per heavy atom. The fraction of sp³-hybridized carbons (Fsp3) is 0.647. The average Bonchev–Trinajstić information content (AvgIpc) is 2.45. The zero-order valence-electron chi connectivity index (χ0n) is 11.6. The van der Waals surface area contributed by atoms with E-state index in [-0.39, 0.29) is 6.10 Å². The highest BCUT2D eigenvalue weighted by molar-refractivity contribution is 5.30.